The minimum absolute atomic E-state index is 0.00338. The summed E-state index contributed by atoms with van der Waals surface area (Å²) in [6.45, 7) is 0. The van der Waals surface area contributed by atoms with Crippen LogP contribution in [0.25, 0.3) is 11.5 Å². The lowest BCUT2D eigenvalue weighted by atomic mass is 10.2. The van der Waals surface area contributed by atoms with Crippen LogP contribution in [0.4, 0.5) is 6.01 Å². The number of rotatable bonds is 3. The van der Waals surface area contributed by atoms with Gasteiger partial charge in [-0.05, 0) is 36.4 Å². The number of halogens is 1. The van der Waals surface area contributed by atoms with E-state index in [0.29, 0.717) is 10.6 Å². The van der Waals surface area contributed by atoms with E-state index in [9.17, 15) is 4.79 Å². The normalized spacial score (nSPS) is 10.4. The number of carbonyl (C=O) groups excluding carboxylic acids is 1. The topological polar surface area (TPSA) is 81.2 Å². The fourth-order valence-corrected chi connectivity index (χ4v) is 1.68. The summed E-state index contributed by atoms with van der Waals surface area (Å²) < 4.78 is 10.3. The minimum Gasteiger partial charge on any atom is -0.459 e. The van der Waals surface area contributed by atoms with Crippen LogP contribution in [0.1, 0.15) is 10.6 Å². The number of carbonyl (C=O) groups is 1. The van der Waals surface area contributed by atoms with Gasteiger partial charge < -0.3 is 8.83 Å². The molecule has 3 rings (SSSR count). The zero-order valence-electron chi connectivity index (χ0n) is 10.0. The largest absolute Gasteiger partial charge is 0.459 e. The molecule has 0 saturated carbocycles. The molecular formula is C13H8ClN3O3. The number of benzene rings is 1. The summed E-state index contributed by atoms with van der Waals surface area (Å²) in [5.41, 5.74) is 0.709. The predicted molar refractivity (Wildman–Crippen MR) is 71.4 cm³/mol. The summed E-state index contributed by atoms with van der Waals surface area (Å²) in [7, 11) is 0. The van der Waals surface area contributed by atoms with E-state index in [1.807, 2.05) is 0 Å². The summed E-state index contributed by atoms with van der Waals surface area (Å²) in [6.07, 6.45) is 1.40. The van der Waals surface area contributed by atoms with Gasteiger partial charge in [0.05, 0.1) is 6.26 Å². The first-order chi connectivity index (χ1) is 9.72. The number of furan rings is 1. The zero-order chi connectivity index (χ0) is 13.9. The van der Waals surface area contributed by atoms with Crippen LogP contribution in [0.15, 0.2) is 51.5 Å². The van der Waals surface area contributed by atoms with Crippen molar-refractivity contribution in [3.63, 3.8) is 0 Å². The van der Waals surface area contributed by atoms with E-state index < -0.39 is 5.91 Å². The van der Waals surface area contributed by atoms with Crippen molar-refractivity contribution in [1.82, 2.24) is 10.2 Å². The van der Waals surface area contributed by atoms with Crippen LogP contribution in [-0.2, 0) is 0 Å². The Kier molecular flexibility index (Phi) is 3.22. The third-order valence-corrected chi connectivity index (χ3v) is 2.73. The van der Waals surface area contributed by atoms with Crippen molar-refractivity contribution in [3.8, 4) is 11.5 Å². The molecule has 6 nitrogen and oxygen atoms in total. The average Bonchev–Trinajstić information content (AvgIpc) is 3.10. The van der Waals surface area contributed by atoms with Gasteiger partial charge in [0.15, 0.2) is 5.76 Å². The highest BCUT2D eigenvalue weighted by Gasteiger charge is 2.14. The lowest BCUT2D eigenvalue weighted by Gasteiger charge is -1.96. The maximum Gasteiger partial charge on any atom is 0.322 e. The van der Waals surface area contributed by atoms with Gasteiger partial charge in [-0.25, -0.2) is 0 Å². The van der Waals surface area contributed by atoms with Crippen molar-refractivity contribution < 1.29 is 13.6 Å². The fourth-order valence-electron chi connectivity index (χ4n) is 1.55. The number of hydrogen-bond acceptors (Lipinski definition) is 5. The molecule has 1 amide bonds. The quantitative estimate of drug-likeness (QED) is 0.800. The summed E-state index contributed by atoms with van der Waals surface area (Å²) in [6, 6.07) is 10.1. The van der Waals surface area contributed by atoms with Crippen molar-refractivity contribution in [1.29, 1.82) is 0 Å². The summed E-state index contributed by atoms with van der Waals surface area (Å²) >= 11 is 5.80. The Morgan fingerprint density at radius 1 is 1.15 bits per heavy atom. The Morgan fingerprint density at radius 3 is 2.65 bits per heavy atom. The number of anilines is 1. The van der Waals surface area contributed by atoms with Gasteiger partial charge in [0.2, 0.25) is 5.89 Å². The van der Waals surface area contributed by atoms with E-state index in [2.05, 4.69) is 15.5 Å². The number of nitrogens with zero attached hydrogens (tertiary/aromatic N) is 2. The standard InChI is InChI=1S/C13H8ClN3O3/c14-9-5-3-8(4-6-9)12-16-17-13(20-12)15-11(18)10-2-1-7-19-10/h1-7H,(H,15,17,18). The highest BCUT2D eigenvalue weighted by Crippen LogP contribution is 2.21. The van der Waals surface area contributed by atoms with Gasteiger partial charge in [-0.15, -0.1) is 5.10 Å². The predicted octanol–water partition coefficient (Wildman–Crippen LogP) is 3.24. The third kappa shape index (κ3) is 2.55. The Hall–Kier alpha value is -2.60. The number of amides is 1. The number of aromatic nitrogens is 2. The molecule has 0 atom stereocenters. The van der Waals surface area contributed by atoms with Crippen LogP contribution >= 0.6 is 11.6 Å². The van der Waals surface area contributed by atoms with Gasteiger partial charge in [-0.2, -0.15) is 0 Å². The van der Waals surface area contributed by atoms with E-state index >= 15 is 0 Å². The molecular weight excluding hydrogens is 282 g/mol. The van der Waals surface area contributed by atoms with Crippen LogP contribution in [-0.4, -0.2) is 16.1 Å². The van der Waals surface area contributed by atoms with Crippen molar-refractivity contribution in [2.24, 2.45) is 0 Å². The van der Waals surface area contributed by atoms with E-state index in [0.717, 1.165) is 0 Å². The molecule has 2 heterocycles. The molecule has 1 N–H and O–H groups in total. The smallest absolute Gasteiger partial charge is 0.322 e. The monoisotopic (exact) mass is 289 g/mol. The molecule has 0 fully saturated rings. The Bertz CT molecular complexity index is 720. The lowest BCUT2D eigenvalue weighted by Crippen LogP contribution is -2.10. The van der Waals surface area contributed by atoms with Gasteiger partial charge in [0.25, 0.3) is 5.91 Å². The third-order valence-electron chi connectivity index (χ3n) is 2.48. The second-order valence-corrected chi connectivity index (χ2v) is 4.29. The molecule has 7 heteroatoms. The highest BCUT2D eigenvalue weighted by molar-refractivity contribution is 6.30. The van der Waals surface area contributed by atoms with Gasteiger partial charge >= 0.3 is 6.01 Å². The molecule has 0 aliphatic heterocycles. The molecule has 0 aliphatic rings. The molecule has 2 aromatic heterocycles. The Balaban J connectivity index is 1.77. The van der Waals surface area contributed by atoms with E-state index in [1.165, 1.54) is 12.3 Å². The van der Waals surface area contributed by atoms with Crippen molar-refractivity contribution in [2.45, 2.75) is 0 Å². The molecule has 20 heavy (non-hydrogen) atoms. The van der Waals surface area contributed by atoms with Gasteiger partial charge in [-0.3, -0.25) is 10.1 Å². The fraction of sp³-hybridized carbons (Fsp3) is 0. The maximum absolute atomic E-state index is 11.7. The number of nitrogens with one attached hydrogen (secondary N) is 1. The van der Waals surface area contributed by atoms with Gasteiger partial charge in [0.1, 0.15) is 0 Å². The molecule has 0 radical (unpaired) electrons. The van der Waals surface area contributed by atoms with E-state index in [4.69, 9.17) is 20.4 Å². The Morgan fingerprint density at radius 2 is 1.95 bits per heavy atom. The van der Waals surface area contributed by atoms with Crippen molar-refractivity contribution >= 4 is 23.5 Å². The first-order valence-corrected chi connectivity index (χ1v) is 6.04. The van der Waals surface area contributed by atoms with Crippen molar-refractivity contribution in [3.05, 3.63) is 53.4 Å². The summed E-state index contributed by atoms with van der Waals surface area (Å²) in [5.74, 6) is -0.00559. The lowest BCUT2D eigenvalue weighted by molar-refractivity contribution is 0.0994. The molecule has 0 spiro atoms. The van der Waals surface area contributed by atoms with Crippen LogP contribution in [0, 0.1) is 0 Å². The van der Waals surface area contributed by atoms with Crippen LogP contribution in [0.2, 0.25) is 5.02 Å². The first-order valence-electron chi connectivity index (χ1n) is 5.67. The maximum atomic E-state index is 11.7. The van der Waals surface area contributed by atoms with E-state index in [1.54, 1.807) is 30.3 Å². The molecule has 0 bridgehead atoms. The Labute approximate surface area is 118 Å². The summed E-state index contributed by atoms with van der Waals surface area (Å²) in [4.78, 5) is 11.7. The molecule has 0 saturated heterocycles. The zero-order valence-corrected chi connectivity index (χ0v) is 10.8. The summed E-state index contributed by atoms with van der Waals surface area (Å²) in [5, 5.41) is 10.6. The van der Waals surface area contributed by atoms with Crippen LogP contribution < -0.4 is 5.32 Å². The molecule has 0 aliphatic carbocycles. The van der Waals surface area contributed by atoms with Gasteiger partial charge in [-0.1, -0.05) is 16.7 Å². The van der Waals surface area contributed by atoms with Crippen LogP contribution in [0.3, 0.4) is 0 Å². The van der Waals surface area contributed by atoms with E-state index in [-0.39, 0.29) is 17.7 Å². The second kappa shape index (κ2) is 5.18. The first kappa shape index (κ1) is 12.4. The van der Waals surface area contributed by atoms with Crippen molar-refractivity contribution in [2.75, 3.05) is 5.32 Å². The number of hydrogen-bond donors (Lipinski definition) is 1. The average molecular weight is 290 g/mol. The molecule has 3 aromatic rings. The highest BCUT2D eigenvalue weighted by atomic mass is 35.5. The SMILES string of the molecule is O=C(Nc1nnc(-c2ccc(Cl)cc2)o1)c1ccco1. The van der Waals surface area contributed by atoms with Gasteiger partial charge in [0, 0.05) is 10.6 Å². The second-order valence-electron chi connectivity index (χ2n) is 3.85. The minimum atomic E-state index is -0.457. The molecule has 100 valence electrons. The molecule has 1 aromatic carbocycles. The van der Waals surface area contributed by atoms with Crippen LogP contribution in [0.5, 0.6) is 0 Å². The molecule has 0 unspecified atom stereocenters.